The molecule has 2 aromatic rings. The number of likely N-dealkylation sites (N-methyl/N-ethyl adjacent to an activating group) is 1. The Hall–Kier alpha value is -1.90. The maximum absolute atomic E-state index is 13.2. The summed E-state index contributed by atoms with van der Waals surface area (Å²) >= 11 is 0. The number of sulfonamides is 1. The molecule has 0 amide bonds. The van der Waals surface area contributed by atoms with Crippen LogP contribution in [0.25, 0.3) is 0 Å². The summed E-state index contributed by atoms with van der Waals surface area (Å²) in [5.41, 5.74) is 4.81. The molecule has 1 aliphatic heterocycles. The summed E-state index contributed by atoms with van der Waals surface area (Å²) in [6.07, 6.45) is 2.05. The highest BCUT2D eigenvalue weighted by atomic mass is 32.2. The third-order valence-corrected chi connectivity index (χ3v) is 7.72. The van der Waals surface area contributed by atoms with Gasteiger partial charge in [0, 0.05) is 33.2 Å². The number of rotatable bonds is 7. The zero-order valence-electron chi connectivity index (χ0n) is 19.1. The quantitative estimate of drug-likeness (QED) is 0.727. The first-order valence-electron chi connectivity index (χ1n) is 10.6. The molecular formula is C22H35N5O2S. The fourth-order valence-electron chi connectivity index (χ4n) is 4.29. The lowest BCUT2D eigenvalue weighted by molar-refractivity contribution is 0.153. The molecule has 1 aliphatic rings. The van der Waals surface area contributed by atoms with Crippen LogP contribution in [0.2, 0.25) is 0 Å². The molecule has 2 heterocycles. The van der Waals surface area contributed by atoms with Gasteiger partial charge in [0.25, 0.3) is 10.0 Å². The number of nitrogens with zero attached hydrogens (tertiary/aromatic N) is 4. The van der Waals surface area contributed by atoms with Crippen molar-refractivity contribution in [3.8, 4) is 0 Å². The van der Waals surface area contributed by atoms with Gasteiger partial charge in [0.1, 0.15) is 0 Å². The highest BCUT2D eigenvalue weighted by Gasteiger charge is 2.23. The zero-order valence-corrected chi connectivity index (χ0v) is 19.9. The summed E-state index contributed by atoms with van der Waals surface area (Å²) in [7, 11) is 0.302. The van der Waals surface area contributed by atoms with Crippen LogP contribution >= 0.6 is 0 Å². The molecule has 0 bridgehead atoms. The number of aryl methyl sites for hydroxylation is 5. The molecule has 8 heteroatoms. The van der Waals surface area contributed by atoms with E-state index in [1.54, 1.807) is 4.68 Å². The van der Waals surface area contributed by atoms with Crippen LogP contribution in [0.5, 0.6) is 0 Å². The van der Waals surface area contributed by atoms with E-state index >= 15 is 0 Å². The van der Waals surface area contributed by atoms with Crippen LogP contribution < -0.4 is 4.72 Å². The van der Waals surface area contributed by atoms with Crippen LogP contribution in [0.4, 0.5) is 5.69 Å². The first-order valence-corrected chi connectivity index (χ1v) is 12.1. The van der Waals surface area contributed by atoms with Gasteiger partial charge in [0.15, 0.2) is 0 Å². The van der Waals surface area contributed by atoms with Crippen molar-refractivity contribution in [3.05, 3.63) is 40.2 Å². The number of piperazine rings is 1. The van der Waals surface area contributed by atoms with Gasteiger partial charge in [-0.25, -0.2) is 8.42 Å². The first kappa shape index (κ1) is 22.8. The third kappa shape index (κ3) is 5.04. The van der Waals surface area contributed by atoms with Crippen LogP contribution in [0, 0.1) is 27.7 Å². The van der Waals surface area contributed by atoms with Crippen LogP contribution in [0.3, 0.4) is 0 Å². The molecule has 1 N–H and O–H groups in total. The van der Waals surface area contributed by atoms with Gasteiger partial charge in [0.05, 0.1) is 22.0 Å². The van der Waals surface area contributed by atoms with Crippen molar-refractivity contribution in [2.75, 3.05) is 44.5 Å². The minimum absolute atomic E-state index is 0.368. The maximum atomic E-state index is 13.2. The molecule has 166 valence electrons. The van der Waals surface area contributed by atoms with E-state index in [2.05, 4.69) is 26.7 Å². The van der Waals surface area contributed by atoms with Gasteiger partial charge in [-0.1, -0.05) is 12.1 Å². The Morgan fingerprint density at radius 1 is 1.00 bits per heavy atom. The molecule has 0 saturated carbocycles. The van der Waals surface area contributed by atoms with E-state index < -0.39 is 10.0 Å². The summed E-state index contributed by atoms with van der Waals surface area (Å²) in [4.78, 5) is 5.25. The SMILES string of the molecule is Cc1cc(CCCN2CCN(C)CC2)cc(C)c1S(=O)(=O)Nc1c(C)nn(C)c1C. The fraction of sp³-hybridized carbons (Fsp3) is 0.591. The Bertz CT molecular complexity index is 982. The van der Waals surface area contributed by atoms with Crippen molar-refractivity contribution < 1.29 is 8.42 Å². The van der Waals surface area contributed by atoms with Gasteiger partial charge >= 0.3 is 0 Å². The van der Waals surface area contributed by atoms with Crippen molar-refractivity contribution in [2.45, 2.75) is 45.4 Å². The molecule has 3 rings (SSSR count). The highest BCUT2D eigenvalue weighted by molar-refractivity contribution is 7.92. The molecule has 1 aromatic carbocycles. The van der Waals surface area contributed by atoms with Crippen molar-refractivity contribution in [2.24, 2.45) is 7.05 Å². The molecule has 0 spiro atoms. The second kappa shape index (κ2) is 9.08. The van der Waals surface area contributed by atoms with E-state index in [9.17, 15) is 8.42 Å². The van der Waals surface area contributed by atoms with Crippen molar-refractivity contribution in [1.82, 2.24) is 19.6 Å². The summed E-state index contributed by atoms with van der Waals surface area (Å²) in [6, 6.07) is 4.04. The molecule has 30 heavy (non-hydrogen) atoms. The summed E-state index contributed by atoms with van der Waals surface area (Å²) in [5.74, 6) is 0. The van der Waals surface area contributed by atoms with Crippen LogP contribution in [-0.4, -0.2) is 67.8 Å². The predicted octanol–water partition coefficient (Wildman–Crippen LogP) is 2.63. The summed E-state index contributed by atoms with van der Waals surface area (Å²) < 4.78 is 30.8. The zero-order chi connectivity index (χ0) is 22.1. The van der Waals surface area contributed by atoms with Crippen LogP contribution in [0.1, 0.15) is 34.5 Å². The molecule has 0 radical (unpaired) electrons. The van der Waals surface area contributed by atoms with Gasteiger partial charge in [-0.2, -0.15) is 5.10 Å². The van der Waals surface area contributed by atoms with Crippen LogP contribution in [0.15, 0.2) is 17.0 Å². The lowest BCUT2D eigenvalue weighted by Gasteiger charge is -2.32. The lowest BCUT2D eigenvalue weighted by Crippen LogP contribution is -2.44. The molecule has 1 aromatic heterocycles. The first-order chi connectivity index (χ1) is 14.1. The van der Waals surface area contributed by atoms with E-state index in [4.69, 9.17) is 0 Å². The predicted molar refractivity (Wildman–Crippen MR) is 122 cm³/mol. The molecule has 1 fully saturated rings. The number of hydrogen-bond donors (Lipinski definition) is 1. The number of nitrogens with one attached hydrogen (secondary N) is 1. The number of aromatic nitrogens is 2. The second-order valence-electron chi connectivity index (χ2n) is 8.58. The molecule has 0 unspecified atom stereocenters. The van der Waals surface area contributed by atoms with Crippen LogP contribution in [-0.2, 0) is 23.5 Å². The molecular weight excluding hydrogens is 398 g/mol. The minimum atomic E-state index is -3.68. The van der Waals surface area contributed by atoms with E-state index in [1.165, 1.54) is 5.56 Å². The summed E-state index contributed by atoms with van der Waals surface area (Å²) in [6.45, 7) is 13.1. The van der Waals surface area contributed by atoms with Crippen molar-refractivity contribution in [1.29, 1.82) is 0 Å². The van der Waals surface area contributed by atoms with E-state index in [-0.39, 0.29) is 0 Å². The average Bonchev–Trinajstić information content (AvgIpc) is 2.88. The molecule has 0 atom stereocenters. The Morgan fingerprint density at radius 2 is 1.60 bits per heavy atom. The topological polar surface area (TPSA) is 70.5 Å². The van der Waals surface area contributed by atoms with Gasteiger partial charge in [0.2, 0.25) is 0 Å². The summed E-state index contributed by atoms with van der Waals surface area (Å²) in [5, 5.41) is 4.31. The van der Waals surface area contributed by atoms with Crippen molar-refractivity contribution in [3.63, 3.8) is 0 Å². The van der Waals surface area contributed by atoms with Gasteiger partial charge in [-0.05, 0) is 70.8 Å². The Labute approximate surface area is 181 Å². The molecule has 0 aliphatic carbocycles. The second-order valence-corrected chi connectivity index (χ2v) is 10.2. The van der Waals surface area contributed by atoms with E-state index in [1.807, 2.05) is 46.9 Å². The lowest BCUT2D eigenvalue weighted by atomic mass is 10.0. The van der Waals surface area contributed by atoms with Gasteiger partial charge in [-0.15, -0.1) is 0 Å². The monoisotopic (exact) mass is 433 g/mol. The highest BCUT2D eigenvalue weighted by Crippen LogP contribution is 2.27. The van der Waals surface area contributed by atoms with Crippen molar-refractivity contribution >= 4 is 15.7 Å². The Kier molecular flexibility index (Phi) is 6.89. The fourth-order valence-corrected chi connectivity index (χ4v) is 5.92. The van der Waals surface area contributed by atoms with E-state index in [0.29, 0.717) is 16.3 Å². The third-order valence-electron chi connectivity index (χ3n) is 6.07. The average molecular weight is 434 g/mol. The van der Waals surface area contributed by atoms with Gasteiger partial charge in [-0.3, -0.25) is 9.40 Å². The normalized spacial score (nSPS) is 16.2. The van der Waals surface area contributed by atoms with Gasteiger partial charge < -0.3 is 9.80 Å². The number of benzene rings is 1. The smallest absolute Gasteiger partial charge is 0.262 e. The number of anilines is 1. The van der Waals surface area contributed by atoms with E-state index in [0.717, 1.165) is 62.4 Å². The Morgan fingerprint density at radius 3 is 2.13 bits per heavy atom. The Balaban J connectivity index is 1.70. The largest absolute Gasteiger partial charge is 0.304 e. The number of hydrogen-bond acceptors (Lipinski definition) is 5. The molecule has 7 nitrogen and oxygen atoms in total. The molecule has 1 saturated heterocycles. The minimum Gasteiger partial charge on any atom is -0.304 e. The standard InChI is InChI=1S/C22H35N5O2S/c1-16-14-20(8-7-9-27-12-10-25(5)11-13-27)15-17(2)22(16)30(28,29)24-21-18(3)23-26(6)19(21)4/h14-15,24H,7-13H2,1-6H3. The maximum Gasteiger partial charge on any atom is 0.262 e.